The lowest BCUT2D eigenvalue weighted by molar-refractivity contribution is -0.146. The summed E-state index contributed by atoms with van der Waals surface area (Å²) in [4.78, 5) is 43.4. The SMILES string of the molecule is Cc1c(C(=O)OC2CCCCC2)sc2nc(C(C)C)n(C(C)(C)C(=O)O)c(=O)c12. The fraction of sp³-hybridized carbons (Fsp3) is 0.619. The van der Waals surface area contributed by atoms with E-state index in [4.69, 9.17) is 4.74 Å². The largest absolute Gasteiger partial charge is 0.480 e. The molecule has 8 heteroatoms. The molecule has 1 fully saturated rings. The van der Waals surface area contributed by atoms with Crippen molar-refractivity contribution in [3.8, 4) is 0 Å². The highest BCUT2D eigenvalue weighted by Gasteiger charge is 2.35. The molecule has 0 amide bonds. The molecule has 0 aliphatic heterocycles. The Hall–Kier alpha value is -2.22. The molecule has 1 aliphatic rings. The number of aliphatic carboxylic acids is 1. The van der Waals surface area contributed by atoms with Crippen molar-refractivity contribution in [3.63, 3.8) is 0 Å². The lowest BCUT2D eigenvalue weighted by Gasteiger charge is -2.26. The Balaban J connectivity index is 2.14. The third kappa shape index (κ3) is 3.82. The van der Waals surface area contributed by atoms with Crippen molar-refractivity contribution in [2.75, 3.05) is 0 Å². The minimum atomic E-state index is -1.46. The molecule has 2 aromatic rings. The lowest BCUT2D eigenvalue weighted by atomic mass is 9.98. The molecule has 0 radical (unpaired) electrons. The maximum absolute atomic E-state index is 13.4. The minimum absolute atomic E-state index is 0.0809. The van der Waals surface area contributed by atoms with Crippen LogP contribution in [-0.4, -0.2) is 32.7 Å². The van der Waals surface area contributed by atoms with E-state index < -0.39 is 23.0 Å². The topological polar surface area (TPSA) is 98.5 Å². The molecular weight excluding hydrogens is 392 g/mol. The Labute approximate surface area is 173 Å². The molecule has 1 saturated carbocycles. The third-order valence-corrected chi connectivity index (χ3v) is 6.77. The van der Waals surface area contributed by atoms with Crippen molar-refractivity contribution in [2.24, 2.45) is 0 Å². The molecule has 0 aromatic carbocycles. The number of hydrogen-bond donors (Lipinski definition) is 1. The molecule has 2 heterocycles. The molecule has 0 atom stereocenters. The summed E-state index contributed by atoms with van der Waals surface area (Å²) in [5.74, 6) is -1.31. The zero-order valence-corrected chi connectivity index (χ0v) is 18.4. The van der Waals surface area contributed by atoms with E-state index in [1.165, 1.54) is 18.4 Å². The van der Waals surface area contributed by atoms with Gasteiger partial charge in [0.25, 0.3) is 5.56 Å². The molecule has 0 spiro atoms. The second kappa shape index (κ2) is 7.89. The van der Waals surface area contributed by atoms with Gasteiger partial charge < -0.3 is 9.84 Å². The monoisotopic (exact) mass is 420 g/mol. The number of carbonyl (C=O) groups is 2. The predicted octanol–water partition coefficient (Wildman–Crippen LogP) is 4.20. The quantitative estimate of drug-likeness (QED) is 0.728. The number of nitrogens with zero attached hydrogens (tertiary/aromatic N) is 2. The van der Waals surface area contributed by atoms with E-state index in [1.807, 2.05) is 13.8 Å². The third-order valence-electron chi connectivity index (χ3n) is 5.60. The molecule has 0 bridgehead atoms. The number of rotatable bonds is 5. The second-order valence-corrected chi connectivity index (χ2v) is 9.53. The van der Waals surface area contributed by atoms with E-state index in [0.29, 0.717) is 26.5 Å². The maximum atomic E-state index is 13.4. The first-order valence-corrected chi connectivity index (χ1v) is 10.9. The van der Waals surface area contributed by atoms with Gasteiger partial charge in [0.05, 0.1) is 5.39 Å². The fourth-order valence-corrected chi connectivity index (χ4v) is 4.87. The van der Waals surface area contributed by atoms with Gasteiger partial charge >= 0.3 is 11.9 Å². The molecule has 2 aromatic heterocycles. The van der Waals surface area contributed by atoms with Crippen LogP contribution in [0.2, 0.25) is 0 Å². The van der Waals surface area contributed by atoms with Crippen molar-refractivity contribution < 1.29 is 19.4 Å². The van der Waals surface area contributed by atoms with Gasteiger partial charge in [-0.25, -0.2) is 14.6 Å². The van der Waals surface area contributed by atoms with Crippen molar-refractivity contribution in [2.45, 2.75) is 84.3 Å². The molecule has 1 aliphatic carbocycles. The highest BCUT2D eigenvalue weighted by molar-refractivity contribution is 7.20. The average Bonchev–Trinajstić information content (AvgIpc) is 2.99. The van der Waals surface area contributed by atoms with Gasteiger partial charge in [-0.05, 0) is 52.0 Å². The smallest absolute Gasteiger partial charge is 0.348 e. The summed E-state index contributed by atoms with van der Waals surface area (Å²) < 4.78 is 6.93. The molecule has 1 N–H and O–H groups in total. The van der Waals surface area contributed by atoms with Crippen LogP contribution in [0.5, 0.6) is 0 Å². The van der Waals surface area contributed by atoms with Crippen LogP contribution in [0.15, 0.2) is 4.79 Å². The first kappa shape index (κ1) is 21.5. The van der Waals surface area contributed by atoms with Gasteiger partial charge in [0, 0.05) is 5.92 Å². The highest BCUT2D eigenvalue weighted by atomic mass is 32.1. The average molecular weight is 421 g/mol. The summed E-state index contributed by atoms with van der Waals surface area (Å²) in [5, 5.41) is 9.98. The number of ether oxygens (including phenoxy) is 1. The Morgan fingerprint density at radius 3 is 2.41 bits per heavy atom. The zero-order valence-electron chi connectivity index (χ0n) is 17.6. The van der Waals surface area contributed by atoms with Crippen LogP contribution in [0.3, 0.4) is 0 Å². The molecular formula is C21H28N2O5S. The normalized spacial score (nSPS) is 15.8. The van der Waals surface area contributed by atoms with Gasteiger partial charge in [-0.3, -0.25) is 9.36 Å². The molecule has 0 saturated heterocycles. The number of carbonyl (C=O) groups excluding carboxylic acids is 1. The van der Waals surface area contributed by atoms with Gasteiger partial charge in [0.2, 0.25) is 0 Å². The van der Waals surface area contributed by atoms with Crippen molar-refractivity contribution >= 4 is 33.5 Å². The molecule has 158 valence electrons. The Bertz CT molecular complexity index is 1010. The van der Waals surface area contributed by atoms with E-state index in [-0.39, 0.29) is 12.0 Å². The summed E-state index contributed by atoms with van der Waals surface area (Å²) in [6, 6.07) is 0. The second-order valence-electron chi connectivity index (χ2n) is 8.53. The van der Waals surface area contributed by atoms with Crippen LogP contribution in [0.1, 0.15) is 86.8 Å². The molecule has 0 unspecified atom stereocenters. The number of carboxylic acid groups (broad SMARTS) is 1. The Morgan fingerprint density at radius 2 is 1.86 bits per heavy atom. The summed E-state index contributed by atoms with van der Waals surface area (Å²) in [6.07, 6.45) is 4.92. The number of carboxylic acids is 1. The summed E-state index contributed by atoms with van der Waals surface area (Å²) >= 11 is 1.15. The van der Waals surface area contributed by atoms with E-state index in [0.717, 1.165) is 43.4 Å². The van der Waals surface area contributed by atoms with Gasteiger partial charge in [-0.1, -0.05) is 20.3 Å². The highest BCUT2D eigenvalue weighted by Crippen LogP contribution is 2.32. The molecule has 7 nitrogen and oxygen atoms in total. The Kier molecular flexibility index (Phi) is 5.85. The van der Waals surface area contributed by atoms with Crippen molar-refractivity contribution in [1.29, 1.82) is 0 Å². The van der Waals surface area contributed by atoms with E-state index in [2.05, 4.69) is 4.98 Å². The lowest BCUT2D eigenvalue weighted by Crippen LogP contribution is -2.45. The first-order valence-electron chi connectivity index (χ1n) is 10.1. The van der Waals surface area contributed by atoms with E-state index >= 15 is 0 Å². The van der Waals surface area contributed by atoms with Gasteiger partial charge in [-0.2, -0.15) is 0 Å². The zero-order chi connectivity index (χ0) is 21.5. The molecule has 3 rings (SSSR count). The first-order chi connectivity index (χ1) is 13.6. The van der Waals surface area contributed by atoms with Gasteiger partial charge in [0.15, 0.2) is 0 Å². The summed E-state index contributed by atoms with van der Waals surface area (Å²) in [5.41, 5.74) is -1.39. The fourth-order valence-electron chi connectivity index (χ4n) is 3.80. The Morgan fingerprint density at radius 1 is 1.24 bits per heavy atom. The van der Waals surface area contributed by atoms with Gasteiger partial charge in [-0.15, -0.1) is 11.3 Å². The summed E-state index contributed by atoms with van der Waals surface area (Å²) in [7, 11) is 0. The van der Waals surface area contributed by atoms with Crippen LogP contribution in [0, 0.1) is 6.92 Å². The van der Waals surface area contributed by atoms with Crippen LogP contribution < -0.4 is 5.56 Å². The molecule has 29 heavy (non-hydrogen) atoms. The number of aryl methyl sites for hydroxylation is 1. The minimum Gasteiger partial charge on any atom is -0.480 e. The number of fused-ring (bicyclic) bond motifs is 1. The van der Waals surface area contributed by atoms with Crippen LogP contribution in [0.4, 0.5) is 0 Å². The van der Waals surface area contributed by atoms with E-state index in [9.17, 15) is 19.5 Å². The van der Waals surface area contributed by atoms with Crippen molar-refractivity contribution in [1.82, 2.24) is 9.55 Å². The van der Waals surface area contributed by atoms with Crippen LogP contribution >= 0.6 is 11.3 Å². The number of hydrogen-bond acceptors (Lipinski definition) is 6. The van der Waals surface area contributed by atoms with Crippen LogP contribution in [-0.2, 0) is 15.1 Å². The number of esters is 1. The number of thiophene rings is 1. The van der Waals surface area contributed by atoms with Crippen LogP contribution in [0.25, 0.3) is 10.2 Å². The van der Waals surface area contributed by atoms with E-state index in [1.54, 1.807) is 6.92 Å². The predicted molar refractivity (Wildman–Crippen MR) is 112 cm³/mol. The number of aromatic nitrogens is 2. The standard InChI is InChI=1S/C21H28N2O5S/c1-11(2)16-22-17-14(18(24)23(16)21(4,5)20(26)27)12(3)15(29-17)19(25)28-13-9-7-6-8-10-13/h11,13H,6-10H2,1-5H3,(H,26,27). The van der Waals surface area contributed by atoms with Gasteiger partial charge in [0.1, 0.15) is 27.2 Å². The summed E-state index contributed by atoms with van der Waals surface area (Å²) in [6.45, 7) is 8.39. The van der Waals surface area contributed by atoms with Crippen molar-refractivity contribution in [3.05, 3.63) is 26.6 Å². The maximum Gasteiger partial charge on any atom is 0.348 e.